The monoisotopic (exact) mass is 409 g/mol. The molecular formula is C18H23N3O6S. The molecular weight excluding hydrogens is 386 g/mol. The van der Waals surface area contributed by atoms with E-state index in [-0.39, 0.29) is 42.8 Å². The van der Waals surface area contributed by atoms with Gasteiger partial charge in [-0.25, -0.2) is 13.2 Å². The lowest BCUT2D eigenvalue weighted by molar-refractivity contribution is -0.128. The number of carbonyl (C=O) groups excluding carboxylic acids is 3. The summed E-state index contributed by atoms with van der Waals surface area (Å²) in [7, 11) is -1.56. The van der Waals surface area contributed by atoms with Crippen LogP contribution in [0.15, 0.2) is 24.3 Å². The van der Waals surface area contributed by atoms with Gasteiger partial charge in [-0.15, -0.1) is 0 Å². The van der Waals surface area contributed by atoms with Gasteiger partial charge in [-0.1, -0.05) is 18.2 Å². The lowest BCUT2D eigenvalue weighted by Crippen LogP contribution is -2.37. The molecule has 2 fully saturated rings. The summed E-state index contributed by atoms with van der Waals surface area (Å²) in [4.78, 5) is 37.9. The van der Waals surface area contributed by atoms with E-state index < -0.39 is 27.8 Å². The Balaban J connectivity index is 1.53. The van der Waals surface area contributed by atoms with Gasteiger partial charge >= 0.3 is 6.03 Å². The van der Waals surface area contributed by atoms with Gasteiger partial charge in [-0.3, -0.25) is 14.5 Å². The van der Waals surface area contributed by atoms with Crippen LogP contribution >= 0.6 is 0 Å². The van der Waals surface area contributed by atoms with Crippen LogP contribution in [0.4, 0.5) is 4.79 Å². The molecule has 9 nitrogen and oxygen atoms in total. The number of carbonyl (C=O) groups is 3. The third kappa shape index (κ3) is 4.61. The molecule has 1 aromatic carbocycles. The Morgan fingerprint density at radius 3 is 2.75 bits per heavy atom. The maximum absolute atomic E-state index is 12.6. The van der Waals surface area contributed by atoms with Gasteiger partial charge in [0.05, 0.1) is 25.2 Å². The maximum atomic E-state index is 12.6. The van der Waals surface area contributed by atoms with E-state index in [0.717, 1.165) is 4.90 Å². The number of amides is 4. The fourth-order valence-corrected chi connectivity index (χ4v) is 5.08. The Morgan fingerprint density at radius 2 is 2.07 bits per heavy atom. The lowest BCUT2D eigenvalue weighted by Gasteiger charge is -2.15. The summed E-state index contributed by atoms with van der Waals surface area (Å²) < 4.78 is 28.1. The number of imide groups is 1. The van der Waals surface area contributed by atoms with Gasteiger partial charge in [-0.2, -0.15) is 0 Å². The SMILES string of the molecule is COc1ccccc1CN1C(=O)NC(CCC(=O)NC2CCS(=O)(=O)C2)C1=O. The van der Waals surface area contributed by atoms with Crippen LogP contribution in [-0.2, 0) is 26.0 Å². The third-order valence-corrected chi connectivity index (χ3v) is 6.65. The number of rotatable bonds is 7. The third-order valence-electron chi connectivity index (χ3n) is 4.89. The van der Waals surface area contributed by atoms with Gasteiger partial charge in [0.1, 0.15) is 11.8 Å². The minimum Gasteiger partial charge on any atom is -0.496 e. The number of hydrogen-bond acceptors (Lipinski definition) is 6. The Labute approximate surface area is 163 Å². The number of methoxy groups -OCH3 is 1. The van der Waals surface area contributed by atoms with Gasteiger partial charge < -0.3 is 15.4 Å². The van der Waals surface area contributed by atoms with Crippen LogP contribution in [0.3, 0.4) is 0 Å². The van der Waals surface area contributed by atoms with Crippen LogP contribution in [0.1, 0.15) is 24.8 Å². The van der Waals surface area contributed by atoms with Crippen LogP contribution in [0.25, 0.3) is 0 Å². The number of ether oxygens (including phenoxy) is 1. The van der Waals surface area contributed by atoms with Crippen LogP contribution in [0.5, 0.6) is 5.75 Å². The first-order valence-electron chi connectivity index (χ1n) is 9.02. The Hall–Kier alpha value is -2.62. The highest BCUT2D eigenvalue weighted by Gasteiger charge is 2.38. The summed E-state index contributed by atoms with van der Waals surface area (Å²) in [6.07, 6.45) is 0.577. The molecule has 0 radical (unpaired) electrons. The van der Waals surface area contributed by atoms with Gasteiger partial charge in [0.15, 0.2) is 9.84 Å². The normalized spacial score (nSPS) is 23.5. The number of benzene rings is 1. The van der Waals surface area contributed by atoms with Gasteiger partial charge in [0.2, 0.25) is 5.91 Å². The molecule has 2 aliphatic heterocycles. The zero-order chi connectivity index (χ0) is 20.3. The van der Waals surface area contributed by atoms with Crippen molar-refractivity contribution in [3.8, 4) is 5.75 Å². The van der Waals surface area contributed by atoms with Crippen LogP contribution < -0.4 is 15.4 Å². The van der Waals surface area contributed by atoms with E-state index in [4.69, 9.17) is 4.74 Å². The van der Waals surface area contributed by atoms with E-state index in [1.807, 2.05) is 0 Å². The molecule has 152 valence electrons. The second kappa shape index (κ2) is 8.17. The van der Waals surface area contributed by atoms with Crippen molar-refractivity contribution < 1.29 is 27.5 Å². The van der Waals surface area contributed by atoms with E-state index in [1.54, 1.807) is 24.3 Å². The van der Waals surface area contributed by atoms with Crippen LogP contribution in [0.2, 0.25) is 0 Å². The predicted octanol–water partition coefficient (Wildman–Crippen LogP) is 0.199. The molecule has 2 aliphatic rings. The first kappa shape index (κ1) is 20.1. The van der Waals surface area contributed by atoms with Crippen molar-refractivity contribution in [1.29, 1.82) is 0 Å². The van der Waals surface area contributed by atoms with E-state index >= 15 is 0 Å². The molecule has 0 bridgehead atoms. The molecule has 0 aromatic heterocycles. The summed E-state index contributed by atoms with van der Waals surface area (Å²) in [5.74, 6) is -0.116. The number of hydrogen-bond donors (Lipinski definition) is 2. The van der Waals surface area contributed by atoms with Crippen molar-refractivity contribution >= 4 is 27.7 Å². The predicted molar refractivity (Wildman–Crippen MR) is 100 cm³/mol. The van der Waals surface area contributed by atoms with Crippen LogP contribution in [-0.4, -0.2) is 61.9 Å². The molecule has 4 amide bonds. The Morgan fingerprint density at radius 1 is 1.32 bits per heavy atom. The molecule has 2 N–H and O–H groups in total. The fraction of sp³-hybridized carbons (Fsp3) is 0.500. The summed E-state index contributed by atoms with van der Waals surface area (Å²) >= 11 is 0. The van der Waals surface area contributed by atoms with E-state index in [2.05, 4.69) is 10.6 Å². The molecule has 2 atom stereocenters. The molecule has 0 saturated carbocycles. The van der Waals surface area contributed by atoms with Crippen molar-refractivity contribution in [3.05, 3.63) is 29.8 Å². The van der Waals surface area contributed by atoms with Crippen molar-refractivity contribution in [3.63, 3.8) is 0 Å². The minimum absolute atomic E-state index is 0.0235. The van der Waals surface area contributed by atoms with Gasteiger partial charge in [0.25, 0.3) is 5.91 Å². The van der Waals surface area contributed by atoms with Gasteiger partial charge in [-0.05, 0) is 18.9 Å². The Kier molecular flexibility index (Phi) is 5.87. The van der Waals surface area contributed by atoms with Crippen molar-refractivity contribution in [2.75, 3.05) is 18.6 Å². The van der Waals surface area contributed by atoms with Crippen molar-refractivity contribution in [2.45, 2.75) is 37.9 Å². The van der Waals surface area contributed by atoms with Gasteiger partial charge in [0, 0.05) is 18.0 Å². The molecule has 2 unspecified atom stereocenters. The highest BCUT2D eigenvalue weighted by Crippen LogP contribution is 2.22. The fourth-order valence-electron chi connectivity index (χ4n) is 3.41. The summed E-state index contributed by atoms with van der Waals surface area (Å²) in [6.45, 7) is 0.0807. The average Bonchev–Trinajstić information content (AvgIpc) is 3.13. The number of nitrogens with one attached hydrogen (secondary N) is 2. The zero-order valence-corrected chi connectivity index (χ0v) is 16.3. The highest BCUT2D eigenvalue weighted by atomic mass is 32.2. The lowest BCUT2D eigenvalue weighted by atomic mass is 10.1. The molecule has 28 heavy (non-hydrogen) atoms. The second-order valence-corrected chi connectivity index (χ2v) is 9.17. The number of sulfone groups is 1. The summed E-state index contributed by atoms with van der Waals surface area (Å²) in [6, 6.07) is 5.44. The van der Waals surface area contributed by atoms with Crippen molar-refractivity contribution in [2.24, 2.45) is 0 Å². The second-order valence-electron chi connectivity index (χ2n) is 6.94. The molecule has 10 heteroatoms. The van der Waals surface area contributed by atoms with Crippen molar-refractivity contribution in [1.82, 2.24) is 15.5 Å². The first-order chi connectivity index (χ1) is 13.3. The molecule has 1 aromatic rings. The molecule has 0 spiro atoms. The average molecular weight is 409 g/mol. The minimum atomic E-state index is -3.07. The standard InChI is InChI=1S/C18H23N3O6S/c1-27-15-5-3-2-4-12(15)10-21-17(23)14(20-18(21)24)6-7-16(22)19-13-8-9-28(25,26)11-13/h2-5,13-14H,6-11H2,1H3,(H,19,22)(H,20,24). The quantitative estimate of drug-likeness (QED) is 0.621. The molecule has 2 heterocycles. The summed E-state index contributed by atoms with van der Waals surface area (Å²) in [5.41, 5.74) is 0.703. The number of nitrogens with zero attached hydrogens (tertiary/aromatic N) is 1. The maximum Gasteiger partial charge on any atom is 0.325 e. The number of para-hydroxylation sites is 1. The van der Waals surface area contributed by atoms with E-state index in [0.29, 0.717) is 17.7 Å². The zero-order valence-electron chi connectivity index (χ0n) is 15.5. The largest absolute Gasteiger partial charge is 0.496 e. The number of urea groups is 1. The molecule has 0 aliphatic carbocycles. The molecule has 3 rings (SSSR count). The first-order valence-corrected chi connectivity index (χ1v) is 10.8. The van der Waals surface area contributed by atoms with E-state index in [9.17, 15) is 22.8 Å². The van der Waals surface area contributed by atoms with Crippen LogP contribution in [0, 0.1) is 0 Å². The highest BCUT2D eigenvalue weighted by molar-refractivity contribution is 7.91. The molecule has 2 saturated heterocycles. The van der Waals surface area contributed by atoms with E-state index in [1.165, 1.54) is 7.11 Å². The smallest absolute Gasteiger partial charge is 0.325 e. The summed E-state index contributed by atoms with van der Waals surface area (Å²) in [5, 5.41) is 5.27. The Bertz CT molecular complexity index is 885. The topological polar surface area (TPSA) is 122 Å².